The van der Waals surface area contributed by atoms with Crippen LogP contribution in [0.25, 0.3) is 0 Å². The topological polar surface area (TPSA) is 77.0 Å². The second kappa shape index (κ2) is 5.54. The third-order valence-corrected chi connectivity index (χ3v) is 4.15. The number of nitrogens with one attached hydrogen (secondary N) is 1. The average Bonchev–Trinajstić information content (AvgIpc) is 2.99. The highest BCUT2D eigenvalue weighted by atomic mass is 32.1. The van der Waals surface area contributed by atoms with Gasteiger partial charge in [-0.1, -0.05) is 0 Å². The van der Waals surface area contributed by atoms with Crippen molar-refractivity contribution in [3.8, 4) is 0 Å². The summed E-state index contributed by atoms with van der Waals surface area (Å²) < 4.78 is 5.10. The molecule has 0 saturated heterocycles. The molecule has 2 heterocycles. The molecule has 0 spiro atoms. The van der Waals surface area contributed by atoms with Crippen molar-refractivity contribution in [3.63, 3.8) is 0 Å². The van der Waals surface area contributed by atoms with E-state index in [9.17, 15) is 4.79 Å². The second-order valence-corrected chi connectivity index (χ2v) is 5.51. The molecule has 0 radical (unpaired) electrons. The Morgan fingerprint density at radius 1 is 1.50 bits per heavy atom. The lowest BCUT2D eigenvalue weighted by atomic mass is 10.1. The zero-order valence-corrected chi connectivity index (χ0v) is 11.8. The van der Waals surface area contributed by atoms with Crippen molar-refractivity contribution >= 4 is 28.1 Å². The fourth-order valence-corrected chi connectivity index (χ4v) is 3.30. The molecule has 20 heavy (non-hydrogen) atoms. The van der Waals surface area contributed by atoms with Gasteiger partial charge in [0.2, 0.25) is 0 Å². The highest BCUT2D eigenvalue weighted by molar-refractivity contribution is 7.15. The Labute approximate surface area is 120 Å². The minimum absolute atomic E-state index is 0.175. The third-order valence-electron chi connectivity index (χ3n) is 3.10. The van der Waals surface area contributed by atoms with E-state index in [0.29, 0.717) is 6.61 Å². The van der Waals surface area contributed by atoms with E-state index in [2.05, 4.69) is 20.3 Å². The van der Waals surface area contributed by atoms with Crippen molar-refractivity contribution in [1.82, 2.24) is 15.0 Å². The first-order chi connectivity index (χ1) is 9.78. The number of hydrogen-bond acceptors (Lipinski definition) is 7. The van der Waals surface area contributed by atoms with E-state index in [-0.39, 0.29) is 11.9 Å². The van der Waals surface area contributed by atoms with Crippen molar-refractivity contribution in [2.75, 3.05) is 11.9 Å². The van der Waals surface area contributed by atoms with Gasteiger partial charge in [-0.3, -0.25) is 4.79 Å². The SMILES string of the molecule is CCOC(=O)C1CCc2sc(Nc3cncnc3)nc21. The number of fused-ring (bicyclic) bond motifs is 1. The Bertz CT molecular complexity index is 614. The Morgan fingerprint density at radius 3 is 3.05 bits per heavy atom. The summed E-state index contributed by atoms with van der Waals surface area (Å²) in [6, 6.07) is 0. The van der Waals surface area contributed by atoms with Gasteiger partial charge in [-0.05, 0) is 19.8 Å². The number of hydrogen-bond donors (Lipinski definition) is 1. The van der Waals surface area contributed by atoms with Crippen molar-refractivity contribution in [1.29, 1.82) is 0 Å². The third kappa shape index (κ3) is 2.49. The maximum Gasteiger partial charge on any atom is 0.315 e. The molecule has 0 aromatic carbocycles. The summed E-state index contributed by atoms with van der Waals surface area (Å²) in [5.41, 5.74) is 1.64. The zero-order chi connectivity index (χ0) is 13.9. The Morgan fingerprint density at radius 2 is 2.30 bits per heavy atom. The monoisotopic (exact) mass is 290 g/mol. The van der Waals surface area contributed by atoms with Gasteiger partial charge in [0.25, 0.3) is 0 Å². The molecule has 2 aromatic rings. The molecule has 2 aromatic heterocycles. The summed E-state index contributed by atoms with van der Waals surface area (Å²) >= 11 is 1.57. The number of carbonyl (C=O) groups is 1. The minimum Gasteiger partial charge on any atom is -0.465 e. The quantitative estimate of drug-likeness (QED) is 0.870. The highest BCUT2D eigenvalue weighted by Gasteiger charge is 2.33. The molecule has 1 aliphatic carbocycles. The van der Waals surface area contributed by atoms with Crippen LogP contribution in [0.2, 0.25) is 0 Å². The van der Waals surface area contributed by atoms with Crippen molar-refractivity contribution < 1.29 is 9.53 Å². The number of rotatable bonds is 4. The lowest BCUT2D eigenvalue weighted by molar-refractivity contribution is -0.145. The maximum atomic E-state index is 11.9. The molecule has 3 rings (SSSR count). The van der Waals surface area contributed by atoms with E-state index in [1.54, 1.807) is 23.7 Å². The van der Waals surface area contributed by atoms with Gasteiger partial charge in [-0.25, -0.2) is 15.0 Å². The summed E-state index contributed by atoms with van der Waals surface area (Å²) in [6.45, 7) is 2.22. The van der Waals surface area contributed by atoms with Gasteiger partial charge in [0.1, 0.15) is 12.2 Å². The van der Waals surface area contributed by atoms with Gasteiger partial charge in [0.05, 0.1) is 30.4 Å². The molecular formula is C13H14N4O2S. The lowest BCUT2D eigenvalue weighted by Crippen LogP contribution is -2.14. The molecule has 7 heteroatoms. The molecule has 1 aliphatic rings. The molecule has 1 N–H and O–H groups in total. The number of nitrogens with zero attached hydrogens (tertiary/aromatic N) is 3. The number of thiazole rings is 1. The van der Waals surface area contributed by atoms with Crippen LogP contribution in [0, 0.1) is 0 Å². The van der Waals surface area contributed by atoms with Crippen LogP contribution in [-0.2, 0) is 16.0 Å². The molecule has 0 amide bonds. The van der Waals surface area contributed by atoms with Crippen LogP contribution >= 0.6 is 11.3 Å². The van der Waals surface area contributed by atoms with E-state index in [1.165, 1.54) is 6.33 Å². The van der Waals surface area contributed by atoms with Crippen molar-refractivity contribution in [2.24, 2.45) is 0 Å². The summed E-state index contributed by atoms with van der Waals surface area (Å²) in [4.78, 5) is 25.4. The van der Waals surface area contributed by atoms with E-state index >= 15 is 0 Å². The van der Waals surface area contributed by atoms with Gasteiger partial charge >= 0.3 is 5.97 Å². The first-order valence-corrected chi connectivity index (χ1v) is 7.28. The number of anilines is 2. The summed E-state index contributed by atoms with van der Waals surface area (Å²) in [5, 5.41) is 3.92. The van der Waals surface area contributed by atoms with E-state index in [0.717, 1.165) is 34.2 Å². The Hall–Kier alpha value is -2.02. The zero-order valence-electron chi connectivity index (χ0n) is 11.0. The largest absolute Gasteiger partial charge is 0.465 e. The fourth-order valence-electron chi connectivity index (χ4n) is 2.24. The smallest absolute Gasteiger partial charge is 0.315 e. The Balaban J connectivity index is 1.78. The van der Waals surface area contributed by atoms with Crippen LogP contribution in [0.15, 0.2) is 18.7 Å². The maximum absolute atomic E-state index is 11.9. The number of ether oxygens (including phenoxy) is 1. The second-order valence-electron chi connectivity index (χ2n) is 4.42. The van der Waals surface area contributed by atoms with E-state index in [1.807, 2.05) is 6.92 Å². The molecule has 6 nitrogen and oxygen atoms in total. The predicted molar refractivity (Wildman–Crippen MR) is 75.1 cm³/mol. The van der Waals surface area contributed by atoms with Crippen LogP contribution < -0.4 is 5.32 Å². The molecule has 0 bridgehead atoms. The molecule has 1 atom stereocenters. The van der Waals surface area contributed by atoms with Gasteiger partial charge in [-0.2, -0.15) is 0 Å². The van der Waals surface area contributed by atoms with Gasteiger partial charge in [-0.15, -0.1) is 11.3 Å². The molecule has 0 saturated carbocycles. The van der Waals surface area contributed by atoms with Crippen LogP contribution in [0.4, 0.5) is 10.8 Å². The van der Waals surface area contributed by atoms with Crippen LogP contribution in [0.5, 0.6) is 0 Å². The van der Waals surface area contributed by atoms with Gasteiger partial charge in [0.15, 0.2) is 5.13 Å². The molecule has 0 aliphatic heterocycles. The van der Waals surface area contributed by atoms with Gasteiger partial charge < -0.3 is 10.1 Å². The van der Waals surface area contributed by atoms with Crippen molar-refractivity contribution in [2.45, 2.75) is 25.7 Å². The van der Waals surface area contributed by atoms with Crippen LogP contribution in [0.3, 0.4) is 0 Å². The molecule has 1 unspecified atom stereocenters. The first-order valence-electron chi connectivity index (χ1n) is 6.46. The fraction of sp³-hybridized carbons (Fsp3) is 0.385. The van der Waals surface area contributed by atoms with E-state index in [4.69, 9.17) is 4.74 Å². The molecular weight excluding hydrogens is 276 g/mol. The Kier molecular flexibility index (Phi) is 3.60. The number of aryl methyl sites for hydroxylation is 1. The standard InChI is InChI=1S/C13H14N4O2S/c1-2-19-12(18)9-3-4-10-11(9)17-13(20-10)16-8-5-14-7-15-6-8/h5-7,9H,2-4H2,1H3,(H,16,17). The average molecular weight is 290 g/mol. The molecule has 0 fully saturated rings. The number of carbonyl (C=O) groups excluding carboxylic acids is 1. The number of aromatic nitrogens is 3. The lowest BCUT2D eigenvalue weighted by Gasteiger charge is -2.07. The van der Waals surface area contributed by atoms with Gasteiger partial charge in [0, 0.05) is 4.88 Å². The van der Waals surface area contributed by atoms with Crippen LogP contribution in [0.1, 0.15) is 29.8 Å². The summed E-state index contributed by atoms with van der Waals surface area (Å²) in [7, 11) is 0. The van der Waals surface area contributed by atoms with Crippen molar-refractivity contribution in [3.05, 3.63) is 29.3 Å². The first kappa shape index (κ1) is 13.0. The minimum atomic E-state index is -0.219. The predicted octanol–water partition coefficient (Wildman–Crippen LogP) is 2.27. The summed E-state index contributed by atoms with van der Waals surface area (Å²) in [5.74, 6) is -0.394. The summed E-state index contributed by atoms with van der Waals surface area (Å²) in [6.07, 6.45) is 6.51. The van der Waals surface area contributed by atoms with Crippen LogP contribution in [-0.4, -0.2) is 27.5 Å². The highest BCUT2D eigenvalue weighted by Crippen LogP contribution is 2.39. The number of esters is 1. The van der Waals surface area contributed by atoms with E-state index < -0.39 is 0 Å². The molecule has 104 valence electrons. The normalized spacial score (nSPS) is 16.8.